The zero-order chi connectivity index (χ0) is 16.4. The first kappa shape index (κ1) is 15.8. The lowest BCUT2D eigenvalue weighted by atomic mass is 10.1. The lowest BCUT2D eigenvalue weighted by Gasteiger charge is -2.20. The number of hydrogen-bond acceptors (Lipinski definition) is 3. The van der Waals surface area contributed by atoms with Crippen molar-refractivity contribution in [2.45, 2.75) is 18.9 Å². The zero-order valence-corrected chi connectivity index (χ0v) is 13.6. The minimum atomic E-state index is -0.831. The molecule has 1 aliphatic rings. The largest absolute Gasteiger partial charge is 0.497 e. The molecule has 0 aliphatic carbocycles. The average molecular weight is 332 g/mol. The van der Waals surface area contributed by atoms with Gasteiger partial charge in [0.05, 0.1) is 19.6 Å². The Hall–Kier alpha value is -2.04. The van der Waals surface area contributed by atoms with Gasteiger partial charge in [0.15, 0.2) is 0 Å². The molecule has 2 aromatic carbocycles. The van der Waals surface area contributed by atoms with Gasteiger partial charge in [-0.25, -0.2) is 0 Å². The van der Waals surface area contributed by atoms with Gasteiger partial charge in [-0.05, 0) is 47.9 Å². The number of carbonyl (C=O) groups excluding carboxylic acids is 1. The maximum atomic E-state index is 12.5. The Labute approximate surface area is 140 Å². The van der Waals surface area contributed by atoms with Gasteiger partial charge < -0.3 is 14.7 Å². The number of nitrogens with zero attached hydrogens (tertiary/aromatic N) is 1. The van der Waals surface area contributed by atoms with Crippen LogP contribution in [-0.2, 0) is 11.2 Å². The number of hydrogen-bond donors (Lipinski definition) is 1. The number of aliphatic hydroxyl groups is 1. The number of amides is 1. The number of carbonyl (C=O) groups is 1. The number of aliphatic hydroxyl groups excluding tert-OH is 1. The molecule has 0 bridgehead atoms. The van der Waals surface area contributed by atoms with Crippen molar-refractivity contribution < 1.29 is 14.6 Å². The number of fused-ring (bicyclic) bond motifs is 1. The minimum Gasteiger partial charge on any atom is -0.497 e. The summed E-state index contributed by atoms with van der Waals surface area (Å²) in [5, 5.41) is 10.9. The molecule has 2 aromatic rings. The molecule has 1 heterocycles. The SMILES string of the molecule is COc1ccc2c(c1)CCN2C(=O)CC(O)c1ccc(Cl)cc1. The Morgan fingerprint density at radius 3 is 2.74 bits per heavy atom. The molecule has 0 radical (unpaired) electrons. The topological polar surface area (TPSA) is 49.8 Å². The third kappa shape index (κ3) is 3.33. The van der Waals surface area contributed by atoms with Gasteiger partial charge in [0, 0.05) is 17.3 Å². The summed E-state index contributed by atoms with van der Waals surface area (Å²) in [5.41, 5.74) is 2.69. The zero-order valence-electron chi connectivity index (χ0n) is 12.8. The summed E-state index contributed by atoms with van der Waals surface area (Å²) >= 11 is 5.84. The highest BCUT2D eigenvalue weighted by atomic mass is 35.5. The van der Waals surface area contributed by atoms with Crippen LogP contribution >= 0.6 is 11.6 Å². The fourth-order valence-corrected chi connectivity index (χ4v) is 2.97. The second-order valence-corrected chi connectivity index (χ2v) is 6.00. The smallest absolute Gasteiger partial charge is 0.229 e. The van der Waals surface area contributed by atoms with E-state index in [0.29, 0.717) is 17.1 Å². The van der Waals surface area contributed by atoms with Crippen molar-refractivity contribution in [3.05, 3.63) is 58.6 Å². The standard InChI is InChI=1S/C18H18ClNO3/c1-23-15-6-7-16-13(10-15)8-9-20(16)18(22)11-17(21)12-2-4-14(19)5-3-12/h2-7,10,17,21H,8-9,11H2,1H3. The third-order valence-electron chi connectivity index (χ3n) is 4.11. The summed E-state index contributed by atoms with van der Waals surface area (Å²) in [6.45, 7) is 0.634. The van der Waals surface area contributed by atoms with Crippen LogP contribution in [0.2, 0.25) is 5.02 Å². The third-order valence-corrected chi connectivity index (χ3v) is 4.36. The molecule has 1 unspecified atom stereocenters. The molecule has 1 aliphatic heterocycles. The molecule has 0 saturated heterocycles. The van der Waals surface area contributed by atoms with E-state index in [1.165, 1.54) is 0 Å². The molecule has 1 amide bonds. The van der Waals surface area contributed by atoms with Gasteiger partial charge in [0.25, 0.3) is 0 Å². The molecule has 4 nitrogen and oxygen atoms in total. The second kappa shape index (κ2) is 6.60. The van der Waals surface area contributed by atoms with E-state index >= 15 is 0 Å². The number of rotatable bonds is 4. The lowest BCUT2D eigenvalue weighted by Crippen LogP contribution is -2.30. The Morgan fingerprint density at radius 1 is 1.30 bits per heavy atom. The van der Waals surface area contributed by atoms with Crippen molar-refractivity contribution in [3.8, 4) is 5.75 Å². The predicted molar refractivity (Wildman–Crippen MR) is 90.1 cm³/mol. The molecule has 0 spiro atoms. The fourth-order valence-electron chi connectivity index (χ4n) is 2.84. The maximum absolute atomic E-state index is 12.5. The van der Waals surface area contributed by atoms with E-state index < -0.39 is 6.10 Å². The molecule has 5 heteroatoms. The van der Waals surface area contributed by atoms with E-state index in [9.17, 15) is 9.90 Å². The van der Waals surface area contributed by atoms with Crippen molar-refractivity contribution >= 4 is 23.2 Å². The van der Waals surface area contributed by atoms with Gasteiger partial charge in [0.2, 0.25) is 5.91 Å². The first-order valence-corrected chi connectivity index (χ1v) is 7.87. The Morgan fingerprint density at radius 2 is 2.04 bits per heavy atom. The summed E-state index contributed by atoms with van der Waals surface area (Å²) in [7, 11) is 1.63. The summed E-state index contributed by atoms with van der Waals surface area (Å²) in [4.78, 5) is 14.3. The van der Waals surface area contributed by atoms with Crippen LogP contribution in [0.5, 0.6) is 5.75 Å². The molecule has 120 valence electrons. The summed E-state index contributed by atoms with van der Waals surface area (Å²) in [5.74, 6) is 0.704. The van der Waals surface area contributed by atoms with Crippen LogP contribution in [0.15, 0.2) is 42.5 Å². The van der Waals surface area contributed by atoms with Crippen molar-refractivity contribution in [3.63, 3.8) is 0 Å². The van der Waals surface area contributed by atoms with E-state index in [-0.39, 0.29) is 12.3 Å². The van der Waals surface area contributed by atoms with Gasteiger partial charge in [-0.15, -0.1) is 0 Å². The maximum Gasteiger partial charge on any atom is 0.229 e. The van der Waals surface area contributed by atoms with E-state index in [4.69, 9.17) is 16.3 Å². The molecule has 0 fully saturated rings. The highest BCUT2D eigenvalue weighted by Gasteiger charge is 2.26. The Balaban J connectivity index is 1.71. The van der Waals surface area contributed by atoms with E-state index in [0.717, 1.165) is 23.4 Å². The fraction of sp³-hybridized carbons (Fsp3) is 0.278. The van der Waals surface area contributed by atoms with Crippen LogP contribution in [0.3, 0.4) is 0 Å². The highest BCUT2D eigenvalue weighted by molar-refractivity contribution is 6.30. The molecule has 0 saturated carbocycles. The molecule has 23 heavy (non-hydrogen) atoms. The van der Waals surface area contributed by atoms with Crippen LogP contribution in [0.4, 0.5) is 5.69 Å². The minimum absolute atomic E-state index is 0.0487. The number of ether oxygens (including phenoxy) is 1. The van der Waals surface area contributed by atoms with Crippen LogP contribution in [0, 0.1) is 0 Å². The van der Waals surface area contributed by atoms with Gasteiger partial charge in [-0.2, -0.15) is 0 Å². The molecular weight excluding hydrogens is 314 g/mol. The number of anilines is 1. The molecule has 1 N–H and O–H groups in total. The number of benzene rings is 2. The molecular formula is C18H18ClNO3. The van der Waals surface area contributed by atoms with E-state index in [2.05, 4.69) is 0 Å². The summed E-state index contributed by atoms with van der Waals surface area (Å²) in [6.07, 6.45) is 0.0182. The van der Waals surface area contributed by atoms with E-state index in [1.54, 1.807) is 36.3 Å². The van der Waals surface area contributed by atoms with Crippen LogP contribution in [0.1, 0.15) is 23.7 Å². The normalized spacial score (nSPS) is 14.5. The van der Waals surface area contributed by atoms with Crippen LogP contribution in [0.25, 0.3) is 0 Å². The van der Waals surface area contributed by atoms with Crippen molar-refractivity contribution in [2.24, 2.45) is 0 Å². The summed E-state index contributed by atoms with van der Waals surface area (Å²) < 4.78 is 5.21. The predicted octanol–water partition coefficient (Wildman–Crippen LogP) is 3.36. The second-order valence-electron chi connectivity index (χ2n) is 5.56. The van der Waals surface area contributed by atoms with Crippen molar-refractivity contribution in [1.29, 1.82) is 0 Å². The average Bonchev–Trinajstić information content (AvgIpc) is 2.98. The lowest BCUT2D eigenvalue weighted by molar-refractivity contribution is -0.120. The first-order chi connectivity index (χ1) is 11.1. The van der Waals surface area contributed by atoms with Gasteiger partial charge in [-0.1, -0.05) is 23.7 Å². The van der Waals surface area contributed by atoms with E-state index in [1.807, 2.05) is 18.2 Å². The highest BCUT2D eigenvalue weighted by Crippen LogP contribution is 2.32. The first-order valence-electron chi connectivity index (χ1n) is 7.49. The van der Waals surface area contributed by atoms with Gasteiger partial charge in [-0.3, -0.25) is 4.79 Å². The number of methoxy groups -OCH3 is 1. The quantitative estimate of drug-likeness (QED) is 0.934. The van der Waals surface area contributed by atoms with Crippen LogP contribution < -0.4 is 9.64 Å². The van der Waals surface area contributed by atoms with Gasteiger partial charge >= 0.3 is 0 Å². The molecule has 0 aromatic heterocycles. The summed E-state index contributed by atoms with van der Waals surface area (Å²) in [6, 6.07) is 12.6. The van der Waals surface area contributed by atoms with Gasteiger partial charge in [0.1, 0.15) is 5.75 Å². The molecule has 3 rings (SSSR count). The Bertz CT molecular complexity index is 715. The van der Waals surface area contributed by atoms with Crippen molar-refractivity contribution in [1.82, 2.24) is 0 Å². The Kier molecular flexibility index (Phi) is 4.55. The van der Waals surface area contributed by atoms with Crippen molar-refractivity contribution in [2.75, 3.05) is 18.6 Å². The monoisotopic (exact) mass is 331 g/mol. The molecule has 1 atom stereocenters. The van der Waals surface area contributed by atoms with Crippen LogP contribution in [-0.4, -0.2) is 24.7 Å². The number of halogens is 1.